The largest absolute Gasteiger partial charge is 0.372 e. The van der Waals surface area contributed by atoms with Crippen LogP contribution in [0.1, 0.15) is 15.9 Å². The number of hydrogen-bond donors (Lipinski definition) is 2. The molecule has 0 fully saturated rings. The van der Waals surface area contributed by atoms with Crippen molar-refractivity contribution >= 4 is 44.9 Å². The van der Waals surface area contributed by atoms with E-state index in [2.05, 4.69) is 31.5 Å². The second-order valence-corrected chi connectivity index (χ2v) is 5.48. The molecule has 0 saturated carbocycles. The van der Waals surface area contributed by atoms with Gasteiger partial charge in [-0.15, -0.1) is 0 Å². The molecule has 1 aromatic heterocycles. The van der Waals surface area contributed by atoms with Gasteiger partial charge in [0.15, 0.2) is 0 Å². The van der Waals surface area contributed by atoms with Crippen LogP contribution in [0.4, 0.5) is 11.5 Å². The zero-order chi connectivity index (χ0) is 14.7. The first kappa shape index (κ1) is 14.8. The maximum absolute atomic E-state index is 12.1. The van der Waals surface area contributed by atoms with Crippen LogP contribution < -0.4 is 10.6 Å². The summed E-state index contributed by atoms with van der Waals surface area (Å²) in [6.07, 6.45) is 1.48. The molecule has 0 unspecified atom stereocenters. The number of pyridine rings is 1. The van der Waals surface area contributed by atoms with Crippen LogP contribution >= 0.6 is 27.5 Å². The van der Waals surface area contributed by atoms with Gasteiger partial charge >= 0.3 is 0 Å². The van der Waals surface area contributed by atoms with Crippen LogP contribution in [0.25, 0.3) is 0 Å². The number of benzene rings is 1. The average Bonchev–Trinajstić information content (AvgIpc) is 2.42. The van der Waals surface area contributed by atoms with Gasteiger partial charge in [0.05, 0.1) is 10.6 Å². The molecular weight excluding hydrogens is 342 g/mol. The molecule has 2 rings (SSSR count). The second kappa shape index (κ2) is 6.24. The van der Waals surface area contributed by atoms with Gasteiger partial charge in [-0.2, -0.15) is 0 Å². The molecule has 2 aromatic rings. The Morgan fingerprint density at radius 2 is 2.10 bits per heavy atom. The fourth-order valence-electron chi connectivity index (χ4n) is 1.62. The molecule has 0 aliphatic carbocycles. The summed E-state index contributed by atoms with van der Waals surface area (Å²) < 4.78 is 0.942. The van der Waals surface area contributed by atoms with E-state index in [4.69, 9.17) is 11.6 Å². The second-order valence-electron chi connectivity index (χ2n) is 4.22. The van der Waals surface area contributed by atoms with E-state index in [0.717, 1.165) is 10.0 Å². The lowest BCUT2D eigenvalue weighted by Crippen LogP contribution is -2.12. The molecule has 1 aromatic carbocycles. The lowest BCUT2D eigenvalue weighted by atomic mass is 10.2. The average molecular weight is 355 g/mol. The van der Waals surface area contributed by atoms with E-state index in [9.17, 15) is 4.79 Å². The lowest BCUT2D eigenvalue weighted by molar-refractivity contribution is 0.102. The fourth-order valence-corrected chi connectivity index (χ4v) is 2.26. The molecule has 0 aliphatic rings. The smallest absolute Gasteiger partial charge is 0.257 e. The normalized spacial score (nSPS) is 10.2. The van der Waals surface area contributed by atoms with Gasteiger partial charge in [-0.05, 0) is 30.7 Å². The Balaban J connectivity index is 2.19. The number of hydrogen-bond acceptors (Lipinski definition) is 3. The molecule has 6 heteroatoms. The highest BCUT2D eigenvalue weighted by Crippen LogP contribution is 2.22. The molecule has 0 aliphatic heterocycles. The van der Waals surface area contributed by atoms with Gasteiger partial charge in [0.25, 0.3) is 5.91 Å². The molecular formula is C14H13BrClN3O. The Kier molecular flexibility index (Phi) is 4.62. The van der Waals surface area contributed by atoms with Crippen LogP contribution in [0.15, 0.2) is 34.9 Å². The van der Waals surface area contributed by atoms with E-state index in [1.54, 1.807) is 13.1 Å². The Hall–Kier alpha value is -1.59. The molecule has 0 spiro atoms. The van der Waals surface area contributed by atoms with Crippen molar-refractivity contribution < 1.29 is 4.79 Å². The first-order valence-corrected chi connectivity index (χ1v) is 7.09. The van der Waals surface area contributed by atoms with Crippen LogP contribution in [0, 0.1) is 6.92 Å². The summed E-state index contributed by atoms with van der Waals surface area (Å²) in [5.41, 5.74) is 2.22. The van der Waals surface area contributed by atoms with Crippen LogP contribution in [0.2, 0.25) is 5.02 Å². The molecule has 20 heavy (non-hydrogen) atoms. The van der Waals surface area contributed by atoms with Gasteiger partial charge in [0, 0.05) is 23.4 Å². The highest BCUT2D eigenvalue weighted by molar-refractivity contribution is 9.10. The third-order valence-corrected chi connectivity index (χ3v) is 3.91. The highest BCUT2D eigenvalue weighted by atomic mass is 79.9. The SMILES string of the molecule is CNc1ncc(C(=O)Nc2ccc(C)c(Br)c2)cc1Cl. The van der Waals surface area contributed by atoms with Gasteiger partial charge < -0.3 is 10.6 Å². The predicted octanol–water partition coefficient (Wildman–Crippen LogP) is 4.10. The molecule has 0 atom stereocenters. The number of halogens is 2. The van der Waals surface area contributed by atoms with Crippen molar-refractivity contribution in [3.8, 4) is 0 Å². The quantitative estimate of drug-likeness (QED) is 0.872. The first-order valence-electron chi connectivity index (χ1n) is 5.92. The minimum atomic E-state index is -0.252. The number of carbonyl (C=O) groups excluding carboxylic acids is 1. The van der Waals surface area contributed by atoms with Crippen molar-refractivity contribution in [2.75, 3.05) is 17.7 Å². The van der Waals surface area contributed by atoms with Crippen molar-refractivity contribution in [1.29, 1.82) is 0 Å². The van der Waals surface area contributed by atoms with Crippen molar-refractivity contribution in [1.82, 2.24) is 4.98 Å². The summed E-state index contributed by atoms with van der Waals surface area (Å²) in [6.45, 7) is 1.98. The fraction of sp³-hybridized carbons (Fsp3) is 0.143. The van der Waals surface area contributed by atoms with Crippen LogP contribution in [-0.4, -0.2) is 17.9 Å². The van der Waals surface area contributed by atoms with E-state index in [-0.39, 0.29) is 5.91 Å². The van der Waals surface area contributed by atoms with E-state index < -0.39 is 0 Å². The topological polar surface area (TPSA) is 54.0 Å². The number of anilines is 2. The summed E-state index contributed by atoms with van der Waals surface area (Å²) in [5.74, 6) is 0.291. The number of amides is 1. The molecule has 104 valence electrons. The van der Waals surface area contributed by atoms with Crippen LogP contribution in [0.3, 0.4) is 0 Å². The third-order valence-electron chi connectivity index (χ3n) is 2.77. The van der Waals surface area contributed by atoms with Crippen molar-refractivity contribution in [2.45, 2.75) is 6.92 Å². The van der Waals surface area contributed by atoms with E-state index >= 15 is 0 Å². The summed E-state index contributed by atoms with van der Waals surface area (Å²) >= 11 is 9.44. The third kappa shape index (κ3) is 3.29. The molecule has 1 amide bonds. The number of aromatic nitrogens is 1. The zero-order valence-corrected chi connectivity index (χ0v) is 13.3. The number of rotatable bonds is 3. The minimum absolute atomic E-state index is 0.252. The molecule has 0 bridgehead atoms. The monoisotopic (exact) mass is 353 g/mol. The Morgan fingerprint density at radius 1 is 1.35 bits per heavy atom. The number of carbonyl (C=O) groups is 1. The summed E-state index contributed by atoms with van der Waals surface area (Å²) in [4.78, 5) is 16.2. The van der Waals surface area contributed by atoms with Crippen molar-refractivity contribution in [3.63, 3.8) is 0 Å². The number of nitrogens with zero attached hydrogens (tertiary/aromatic N) is 1. The standard InChI is InChI=1S/C14H13BrClN3O/c1-8-3-4-10(6-11(8)15)19-14(20)9-5-12(16)13(17-2)18-7-9/h3-7H,1-2H3,(H,17,18)(H,19,20). The lowest BCUT2D eigenvalue weighted by Gasteiger charge is -2.08. The number of nitrogens with one attached hydrogen (secondary N) is 2. The molecule has 1 heterocycles. The Morgan fingerprint density at radius 3 is 2.70 bits per heavy atom. The Bertz CT molecular complexity index is 661. The predicted molar refractivity (Wildman–Crippen MR) is 85.6 cm³/mol. The summed E-state index contributed by atoms with van der Waals surface area (Å²) in [7, 11) is 1.72. The molecule has 0 radical (unpaired) electrons. The van der Waals surface area contributed by atoms with Crippen molar-refractivity contribution in [3.05, 3.63) is 51.1 Å². The molecule has 4 nitrogen and oxygen atoms in total. The highest BCUT2D eigenvalue weighted by Gasteiger charge is 2.10. The zero-order valence-electron chi connectivity index (χ0n) is 11.0. The molecule has 2 N–H and O–H groups in total. The van der Waals surface area contributed by atoms with Crippen LogP contribution in [-0.2, 0) is 0 Å². The van der Waals surface area contributed by atoms with E-state index in [1.807, 2.05) is 25.1 Å². The molecule has 0 saturated heterocycles. The van der Waals surface area contributed by atoms with Crippen LogP contribution in [0.5, 0.6) is 0 Å². The number of aryl methyl sites for hydroxylation is 1. The van der Waals surface area contributed by atoms with Gasteiger partial charge in [-0.1, -0.05) is 33.6 Å². The maximum Gasteiger partial charge on any atom is 0.257 e. The minimum Gasteiger partial charge on any atom is -0.372 e. The van der Waals surface area contributed by atoms with E-state index in [0.29, 0.717) is 22.1 Å². The van der Waals surface area contributed by atoms with E-state index in [1.165, 1.54) is 6.20 Å². The maximum atomic E-state index is 12.1. The van der Waals surface area contributed by atoms with Gasteiger partial charge in [0.2, 0.25) is 0 Å². The summed E-state index contributed by atoms with van der Waals surface area (Å²) in [5, 5.41) is 6.05. The van der Waals surface area contributed by atoms with Gasteiger partial charge in [0.1, 0.15) is 5.82 Å². The van der Waals surface area contributed by atoms with Crippen molar-refractivity contribution in [2.24, 2.45) is 0 Å². The summed E-state index contributed by atoms with van der Waals surface area (Å²) in [6, 6.07) is 7.20. The first-order chi connectivity index (χ1) is 9.51. The Labute approximate surface area is 130 Å². The van der Waals surface area contributed by atoms with Gasteiger partial charge in [-0.3, -0.25) is 4.79 Å². The van der Waals surface area contributed by atoms with Gasteiger partial charge in [-0.25, -0.2) is 4.98 Å².